The number of phenolic OH excluding ortho intramolecular Hbond substituents is 1. The number of likely N-dealkylation sites (tertiary alicyclic amines) is 1. The summed E-state index contributed by atoms with van der Waals surface area (Å²) in [7, 11) is 0. The van der Waals surface area contributed by atoms with Gasteiger partial charge in [0.15, 0.2) is 0 Å². The van der Waals surface area contributed by atoms with Gasteiger partial charge in [0.05, 0.1) is 22.0 Å². The lowest BCUT2D eigenvalue weighted by molar-refractivity contribution is 0.218. The molecule has 32 heavy (non-hydrogen) atoms. The molecule has 1 aliphatic rings. The van der Waals surface area contributed by atoms with Crippen LogP contribution in [0.1, 0.15) is 37.3 Å². The fraction of sp³-hybridized carbons (Fsp3) is 0.333. The molecule has 1 aliphatic heterocycles. The molecule has 0 saturated carbocycles. The summed E-state index contributed by atoms with van der Waals surface area (Å²) < 4.78 is 5.98. The van der Waals surface area contributed by atoms with Crippen LogP contribution in [0.3, 0.4) is 0 Å². The lowest BCUT2D eigenvalue weighted by Gasteiger charge is -2.27. The van der Waals surface area contributed by atoms with Crippen LogP contribution in [0.15, 0.2) is 45.8 Å². The van der Waals surface area contributed by atoms with Gasteiger partial charge in [0.1, 0.15) is 29.0 Å². The lowest BCUT2D eigenvalue weighted by atomic mass is 10.00. The van der Waals surface area contributed by atoms with Gasteiger partial charge in [-0.1, -0.05) is 25.5 Å². The maximum absolute atomic E-state index is 13.4. The zero-order chi connectivity index (χ0) is 20.7. The first-order valence-electron chi connectivity index (χ1n) is 10.6. The first-order chi connectivity index (χ1) is 14.7. The first kappa shape index (κ1) is 24.1. The third kappa shape index (κ3) is 4.22. The second kappa shape index (κ2) is 9.94. The van der Waals surface area contributed by atoms with Crippen molar-refractivity contribution >= 4 is 46.8 Å². The van der Waals surface area contributed by atoms with E-state index in [0.717, 1.165) is 42.5 Å². The van der Waals surface area contributed by atoms with Crippen molar-refractivity contribution in [2.24, 2.45) is 0 Å². The van der Waals surface area contributed by atoms with E-state index in [-0.39, 0.29) is 36.0 Å². The van der Waals surface area contributed by atoms with Crippen molar-refractivity contribution in [1.82, 2.24) is 14.9 Å². The summed E-state index contributed by atoms with van der Waals surface area (Å²) in [5.41, 5.74) is 3.89. The second-order valence-electron chi connectivity index (χ2n) is 8.01. The van der Waals surface area contributed by atoms with E-state index in [4.69, 9.17) is 4.42 Å². The van der Waals surface area contributed by atoms with Gasteiger partial charge in [-0.2, -0.15) is 0 Å². The van der Waals surface area contributed by atoms with Gasteiger partial charge in [-0.3, -0.25) is 9.69 Å². The van der Waals surface area contributed by atoms with Crippen LogP contribution in [-0.4, -0.2) is 33.1 Å². The van der Waals surface area contributed by atoms with Crippen LogP contribution >= 0.6 is 24.8 Å². The predicted molar refractivity (Wildman–Crippen MR) is 132 cm³/mol. The number of halogens is 2. The molecule has 3 heterocycles. The zero-order valence-corrected chi connectivity index (χ0v) is 19.5. The number of piperidine rings is 1. The molecule has 1 saturated heterocycles. The molecule has 2 N–H and O–H groups in total. The number of rotatable bonds is 4. The van der Waals surface area contributed by atoms with E-state index >= 15 is 0 Å². The van der Waals surface area contributed by atoms with E-state index in [1.807, 2.05) is 31.2 Å². The SMILES string of the molecule is CCc1cc2c(=O)c(-c3nc4ccccc4[nH]3)coc2c(CN2CCCCC2)c1O.Cl.Cl. The van der Waals surface area contributed by atoms with Gasteiger partial charge in [-0.15, -0.1) is 24.8 Å². The highest BCUT2D eigenvalue weighted by atomic mass is 35.5. The molecule has 0 unspecified atom stereocenters. The monoisotopic (exact) mass is 475 g/mol. The lowest BCUT2D eigenvalue weighted by Crippen LogP contribution is -2.29. The Bertz CT molecular complexity index is 1260. The normalized spacial score (nSPS) is 14.3. The Kier molecular flexibility index (Phi) is 7.49. The molecule has 2 aromatic heterocycles. The molecule has 0 aliphatic carbocycles. The van der Waals surface area contributed by atoms with Crippen LogP contribution in [0.2, 0.25) is 0 Å². The van der Waals surface area contributed by atoms with Gasteiger partial charge in [0.25, 0.3) is 0 Å². The van der Waals surface area contributed by atoms with E-state index in [2.05, 4.69) is 14.9 Å². The molecule has 0 atom stereocenters. The number of aromatic amines is 1. The van der Waals surface area contributed by atoms with Crippen LogP contribution in [-0.2, 0) is 13.0 Å². The average molecular weight is 476 g/mol. The van der Waals surface area contributed by atoms with Crippen molar-refractivity contribution in [1.29, 1.82) is 0 Å². The molecule has 8 heteroatoms. The number of aryl methyl sites for hydroxylation is 1. The van der Waals surface area contributed by atoms with Crippen LogP contribution in [0.25, 0.3) is 33.4 Å². The Morgan fingerprint density at radius 1 is 1.16 bits per heavy atom. The van der Waals surface area contributed by atoms with Gasteiger partial charge in [0, 0.05) is 6.54 Å². The van der Waals surface area contributed by atoms with Crippen molar-refractivity contribution in [2.45, 2.75) is 39.2 Å². The summed E-state index contributed by atoms with van der Waals surface area (Å²) in [6, 6.07) is 9.44. The molecular formula is C24H27Cl2N3O3. The minimum absolute atomic E-state index is 0. The van der Waals surface area contributed by atoms with E-state index in [1.165, 1.54) is 12.7 Å². The summed E-state index contributed by atoms with van der Waals surface area (Å²) in [6.07, 6.45) is 5.67. The number of H-pyrrole nitrogens is 1. The van der Waals surface area contributed by atoms with Crippen molar-refractivity contribution in [3.05, 3.63) is 57.9 Å². The maximum Gasteiger partial charge on any atom is 0.203 e. The van der Waals surface area contributed by atoms with Crippen LogP contribution < -0.4 is 5.43 Å². The number of nitrogens with one attached hydrogen (secondary N) is 1. The molecule has 0 radical (unpaired) electrons. The van der Waals surface area contributed by atoms with Gasteiger partial charge < -0.3 is 14.5 Å². The maximum atomic E-state index is 13.4. The number of para-hydroxylation sites is 2. The number of phenols is 1. The largest absolute Gasteiger partial charge is 0.507 e. The fourth-order valence-electron chi connectivity index (χ4n) is 4.39. The molecule has 2 aromatic carbocycles. The summed E-state index contributed by atoms with van der Waals surface area (Å²) >= 11 is 0. The Balaban J connectivity index is 0.00000144. The Hall–Kier alpha value is -2.54. The first-order valence-corrected chi connectivity index (χ1v) is 10.6. The van der Waals surface area contributed by atoms with Gasteiger partial charge in [-0.05, 0) is 56.1 Å². The van der Waals surface area contributed by atoms with E-state index < -0.39 is 0 Å². The molecule has 4 aromatic rings. The molecule has 1 fully saturated rings. The summed E-state index contributed by atoms with van der Waals surface area (Å²) in [6.45, 7) is 4.57. The molecule has 5 rings (SSSR count). The minimum atomic E-state index is -0.134. The summed E-state index contributed by atoms with van der Waals surface area (Å²) in [5, 5.41) is 11.4. The second-order valence-corrected chi connectivity index (χ2v) is 8.01. The Morgan fingerprint density at radius 2 is 1.91 bits per heavy atom. The smallest absolute Gasteiger partial charge is 0.203 e. The minimum Gasteiger partial charge on any atom is -0.507 e. The van der Waals surface area contributed by atoms with Crippen molar-refractivity contribution in [2.75, 3.05) is 13.1 Å². The van der Waals surface area contributed by atoms with Crippen molar-refractivity contribution in [3.63, 3.8) is 0 Å². The van der Waals surface area contributed by atoms with Crippen LogP contribution in [0, 0.1) is 0 Å². The quantitative estimate of drug-likeness (QED) is 0.410. The third-order valence-electron chi connectivity index (χ3n) is 6.07. The summed E-state index contributed by atoms with van der Waals surface area (Å²) in [5.74, 6) is 0.741. The molecule has 0 amide bonds. The third-order valence-corrected chi connectivity index (χ3v) is 6.07. The summed E-state index contributed by atoms with van der Waals surface area (Å²) in [4.78, 5) is 23.5. The number of benzene rings is 2. The number of nitrogens with zero attached hydrogens (tertiary/aromatic N) is 2. The number of aromatic nitrogens is 2. The fourth-order valence-corrected chi connectivity index (χ4v) is 4.39. The highest BCUT2D eigenvalue weighted by Crippen LogP contribution is 2.33. The van der Waals surface area contributed by atoms with E-state index in [9.17, 15) is 9.90 Å². The molecule has 0 bridgehead atoms. The highest BCUT2D eigenvalue weighted by molar-refractivity contribution is 5.87. The van der Waals surface area contributed by atoms with E-state index in [1.54, 1.807) is 6.07 Å². The number of aromatic hydroxyl groups is 1. The topological polar surface area (TPSA) is 82.4 Å². The highest BCUT2D eigenvalue weighted by Gasteiger charge is 2.22. The zero-order valence-electron chi connectivity index (χ0n) is 17.9. The number of hydrogen-bond donors (Lipinski definition) is 2. The van der Waals surface area contributed by atoms with E-state index in [0.29, 0.717) is 40.9 Å². The van der Waals surface area contributed by atoms with Gasteiger partial charge >= 0.3 is 0 Å². The standard InChI is InChI=1S/C24H25N3O3.2ClH/c1-2-15-12-16-22(29)18(24-25-19-8-4-5-9-20(19)26-24)14-30-23(16)17(21(15)28)13-27-10-6-3-7-11-27;;/h4-5,8-9,12,14,28H,2-3,6-7,10-11,13H2,1H3,(H,25,26);2*1H. The van der Waals surface area contributed by atoms with Gasteiger partial charge in [0.2, 0.25) is 5.43 Å². The van der Waals surface area contributed by atoms with Crippen molar-refractivity contribution < 1.29 is 9.52 Å². The van der Waals surface area contributed by atoms with Crippen LogP contribution in [0.4, 0.5) is 0 Å². The molecule has 0 spiro atoms. The molecule has 6 nitrogen and oxygen atoms in total. The van der Waals surface area contributed by atoms with Gasteiger partial charge in [-0.25, -0.2) is 4.98 Å². The molecular weight excluding hydrogens is 449 g/mol. The number of imidazole rings is 1. The predicted octanol–water partition coefficient (Wildman–Crippen LogP) is 5.43. The van der Waals surface area contributed by atoms with Crippen molar-refractivity contribution in [3.8, 4) is 17.1 Å². The molecule has 170 valence electrons. The average Bonchev–Trinajstić information content (AvgIpc) is 3.20. The number of hydrogen-bond acceptors (Lipinski definition) is 5. The Labute approximate surface area is 198 Å². The number of fused-ring (bicyclic) bond motifs is 2. The van der Waals surface area contributed by atoms with Crippen LogP contribution in [0.5, 0.6) is 5.75 Å². The Morgan fingerprint density at radius 3 is 2.62 bits per heavy atom.